The molecule has 4 rings (SSSR count). The number of likely N-dealkylation sites (tertiary alicyclic amines) is 1. The van der Waals surface area contributed by atoms with Crippen molar-refractivity contribution in [3.8, 4) is 0 Å². The van der Waals surface area contributed by atoms with E-state index in [1.807, 2.05) is 6.26 Å². The molecule has 2 aromatic rings. The fourth-order valence-corrected chi connectivity index (χ4v) is 6.09. The number of alkyl halides is 3. The maximum Gasteiger partial charge on any atom is 0.416 e. The Hall–Kier alpha value is -2.15. The summed E-state index contributed by atoms with van der Waals surface area (Å²) in [5.74, 6) is -1.12. The maximum atomic E-state index is 12.8. The zero-order valence-corrected chi connectivity index (χ0v) is 20.7. The predicted octanol–water partition coefficient (Wildman–Crippen LogP) is 3.24. The Balaban J connectivity index is 1.17. The molecule has 1 aromatic carbocycles. The predicted molar refractivity (Wildman–Crippen MR) is 127 cm³/mol. The molecule has 35 heavy (non-hydrogen) atoms. The lowest BCUT2D eigenvalue weighted by Gasteiger charge is -2.48. The van der Waals surface area contributed by atoms with E-state index in [0.717, 1.165) is 40.3 Å². The number of hydrogen-bond acceptors (Lipinski definition) is 7. The van der Waals surface area contributed by atoms with E-state index in [4.69, 9.17) is 0 Å². The van der Waals surface area contributed by atoms with Crippen molar-refractivity contribution in [1.29, 1.82) is 0 Å². The summed E-state index contributed by atoms with van der Waals surface area (Å²) in [6.45, 7) is 1.07. The molecule has 2 amide bonds. The Morgan fingerprint density at radius 2 is 2.00 bits per heavy atom. The Morgan fingerprint density at radius 1 is 1.29 bits per heavy atom. The number of nitrogens with zero attached hydrogens (tertiary/aromatic N) is 2. The second-order valence-corrected chi connectivity index (χ2v) is 11.0. The van der Waals surface area contributed by atoms with Crippen molar-refractivity contribution in [2.75, 3.05) is 25.9 Å². The van der Waals surface area contributed by atoms with E-state index >= 15 is 0 Å². The lowest BCUT2D eigenvalue weighted by atomic mass is 9.80. The average molecular weight is 529 g/mol. The quantitative estimate of drug-likeness (QED) is 0.478. The minimum atomic E-state index is -4.54. The van der Waals surface area contributed by atoms with Crippen LogP contribution in [0.25, 0.3) is 0 Å². The molecule has 2 heterocycles. The van der Waals surface area contributed by atoms with Gasteiger partial charge in [0.2, 0.25) is 5.91 Å². The number of amides is 2. The number of hydrogen-bond donors (Lipinski definition) is 3. The molecule has 1 aliphatic carbocycles. The summed E-state index contributed by atoms with van der Waals surface area (Å²) < 4.78 is 39.4. The summed E-state index contributed by atoms with van der Waals surface area (Å²) in [4.78, 5) is 31.9. The molecule has 12 heteroatoms. The van der Waals surface area contributed by atoms with Crippen LogP contribution in [0.4, 0.5) is 13.2 Å². The van der Waals surface area contributed by atoms with Gasteiger partial charge in [-0.1, -0.05) is 17.8 Å². The molecule has 1 aromatic heterocycles. The summed E-state index contributed by atoms with van der Waals surface area (Å²) in [5, 5.41) is 16.3. The third kappa shape index (κ3) is 6.16. The van der Waals surface area contributed by atoms with Gasteiger partial charge in [-0.25, -0.2) is 4.98 Å². The zero-order valence-electron chi connectivity index (χ0n) is 19.1. The van der Waals surface area contributed by atoms with Crippen molar-refractivity contribution >= 4 is 34.9 Å². The summed E-state index contributed by atoms with van der Waals surface area (Å²) in [5.41, 5.74) is -1.89. The van der Waals surface area contributed by atoms with E-state index in [2.05, 4.69) is 20.5 Å². The van der Waals surface area contributed by atoms with Crippen LogP contribution in [-0.4, -0.2) is 64.8 Å². The minimum Gasteiger partial charge on any atom is -0.384 e. The molecule has 1 saturated heterocycles. The van der Waals surface area contributed by atoms with E-state index in [9.17, 15) is 27.9 Å². The first kappa shape index (κ1) is 25.9. The van der Waals surface area contributed by atoms with Crippen LogP contribution in [-0.2, 0) is 16.6 Å². The standard InChI is InChI=1S/C23H27F3N4O3S2/c1-34-21-28-10-18(35-21)22(33)7-5-17(6-8-22)30-12-16(13-30)29-19(31)11-27-20(32)14-3-2-4-15(9-14)23(24,25)26/h2-4,9-10,16-17,33H,5-8,11-13H2,1H3,(H,27,32)(H,29,31)/t17-,22-. The van der Waals surface area contributed by atoms with Gasteiger partial charge >= 0.3 is 6.18 Å². The van der Waals surface area contributed by atoms with Crippen molar-refractivity contribution in [3.63, 3.8) is 0 Å². The molecule has 2 fully saturated rings. The average Bonchev–Trinajstić information content (AvgIpc) is 3.30. The maximum absolute atomic E-state index is 12.8. The number of thiazole rings is 1. The van der Waals surface area contributed by atoms with E-state index in [1.54, 1.807) is 29.3 Å². The number of nitrogens with one attached hydrogen (secondary N) is 2. The van der Waals surface area contributed by atoms with E-state index in [0.29, 0.717) is 32.0 Å². The van der Waals surface area contributed by atoms with Gasteiger partial charge in [0.05, 0.1) is 23.0 Å². The number of benzene rings is 1. The Kier molecular flexibility index (Phi) is 7.74. The van der Waals surface area contributed by atoms with Crippen LogP contribution >= 0.6 is 23.1 Å². The first-order valence-electron chi connectivity index (χ1n) is 11.3. The van der Waals surface area contributed by atoms with E-state index in [1.165, 1.54) is 6.07 Å². The van der Waals surface area contributed by atoms with Crippen LogP contribution in [0.2, 0.25) is 0 Å². The summed E-state index contributed by atoms with van der Waals surface area (Å²) in [6.07, 6.45) is 2.25. The second-order valence-electron chi connectivity index (χ2n) is 8.94. The number of halogens is 3. The number of aromatic nitrogens is 1. The van der Waals surface area contributed by atoms with Crippen molar-refractivity contribution in [2.45, 2.75) is 53.9 Å². The van der Waals surface area contributed by atoms with Gasteiger partial charge in [0, 0.05) is 30.9 Å². The van der Waals surface area contributed by atoms with Crippen LogP contribution in [0.15, 0.2) is 34.8 Å². The fraction of sp³-hybridized carbons (Fsp3) is 0.522. The van der Waals surface area contributed by atoms with Gasteiger partial charge < -0.3 is 15.7 Å². The SMILES string of the molecule is CSc1ncc([C@]2(O)CC[C@H](N3CC(NC(=O)CNC(=O)c4cccc(C(F)(F)F)c4)C3)CC2)s1. The molecule has 0 atom stereocenters. The van der Waals surface area contributed by atoms with Gasteiger partial charge in [-0.15, -0.1) is 11.3 Å². The zero-order chi connectivity index (χ0) is 25.2. The second kappa shape index (κ2) is 10.5. The third-order valence-electron chi connectivity index (χ3n) is 6.55. The summed E-state index contributed by atoms with van der Waals surface area (Å²) in [6, 6.07) is 4.38. The lowest BCUT2D eigenvalue weighted by Crippen LogP contribution is -2.63. The van der Waals surface area contributed by atoms with Crippen molar-refractivity contribution in [2.24, 2.45) is 0 Å². The van der Waals surface area contributed by atoms with Crippen LogP contribution in [0.5, 0.6) is 0 Å². The number of aliphatic hydroxyl groups is 1. The van der Waals surface area contributed by atoms with E-state index < -0.39 is 23.2 Å². The van der Waals surface area contributed by atoms with Gasteiger partial charge in [-0.2, -0.15) is 13.2 Å². The van der Waals surface area contributed by atoms with Crippen molar-refractivity contribution in [1.82, 2.24) is 20.5 Å². The molecule has 0 unspecified atom stereocenters. The third-order valence-corrected chi connectivity index (χ3v) is 8.74. The van der Waals surface area contributed by atoms with Gasteiger partial charge in [-0.05, 0) is 50.1 Å². The van der Waals surface area contributed by atoms with Gasteiger partial charge in [0.25, 0.3) is 5.91 Å². The largest absolute Gasteiger partial charge is 0.416 e. The number of thioether (sulfide) groups is 1. The molecule has 190 valence electrons. The fourth-order valence-electron chi connectivity index (χ4n) is 4.54. The molecule has 2 aliphatic rings. The highest BCUT2D eigenvalue weighted by Crippen LogP contribution is 2.42. The van der Waals surface area contributed by atoms with Crippen molar-refractivity contribution < 1.29 is 27.9 Å². The normalized spacial score (nSPS) is 23.5. The number of carbonyl (C=O) groups excluding carboxylic acids is 2. The minimum absolute atomic E-state index is 0.0422. The molecule has 3 N–H and O–H groups in total. The lowest BCUT2D eigenvalue weighted by molar-refractivity contribution is -0.137. The highest BCUT2D eigenvalue weighted by atomic mass is 32.2. The highest BCUT2D eigenvalue weighted by molar-refractivity contribution is 8.00. The van der Waals surface area contributed by atoms with Gasteiger partial charge in [0.1, 0.15) is 9.94 Å². The molecule has 7 nitrogen and oxygen atoms in total. The van der Waals surface area contributed by atoms with Crippen LogP contribution in [0, 0.1) is 0 Å². The van der Waals surface area contributed by atoms with E-state index in [-0.39, 0.29) is 24.1 Å². The Bertz CT molecular complexity index is 1060. The summed E-state index contributed by atoms with van der Waals surface area (Å²) >= 11 is 3.11. The molecule has 1 aliphatic heterocycles. The molecular formula is C23H27F3N4O3S2. The topological polar surface area (TPSA) is 94.6 Å². The first-order valence-corrected chi connectivity index (χ1v) is 13.3. The highest BCUT2D eigenvalue weighted by Gasteiger charge is 2.41. The Morgan fingerprint density at radius 3 is 2.63 bits per heavy atom. The monoisotopic (exact) mass is 528 g/mol. The molecule has 1 saturated carbocycles. The smallest absolute Gasteiger partial charge is 0.384 e. The van der Waals surface area contributed by atoms with Gasteiger partial charge in [0.15, 0.2) is 0 Å². The van der Waals surface area contributed by atoms with Crippen LogP contribution < -0.4 is 10.6 Å². The molecule has 0 spiro atoms. The number of rotatable bonds is 7. The van der Waals surface area contributed by atoms with Crippen LogP contribution in [0.3, 0.4) is 0 Å². The van der Waals surface area contributed by atoms with Crippen molar-refractivity contribution in [3.05, 3.63) is 46.5 Å². The molecule has 0 radical (unpaired) electrons. The number of carbonyl (C=O) groups is 2. The summed E-state index contributed by atoms with van der Waals surface area (Å²) in [7, 11) is 0. The molecular weight excluding hydrogens is 501 g/mol. The molecule has 0 bridgehead atoms. The Labute approximate surface area is 209 Å². The van der Waals surface area contributed by atoms with Crippen LogP contribution in [0.1, 0.15) is 46.5 Å². The van der Waals surface area contributed by atoms with Gasteiger partial charge in [-0.3, -0.25) is 14.5 Å². The first-order chi connectivity index (χ1) is 16.6.